The van der Waals surface area contributed by atoms with Gasteiger partial charge in [-0.2, -0.15) is 13.2 Å². The fraction of sp³-hybridized carbons (Fsp3) is 0.750. The number of carbonyl (C=O) groups excluding carboxylic acids is 1. The van der Waals surface area contributed by atoms with Gasteiger partial charge in [0.25, 0.3) is 0 Å². The van der Waals surface area contributed by atoms with E-state index >= 15 is 0 Å². The molecule has 4 nitrogen and oxygen atoms in total. The van der Waals surface area contributed by atoms with Crippen LogP contribution in [0, 0.1) is 40.4 Å². The number of alkyl halides is 3. The average Bonchev–Trinajstić information content (AvgIpc) is 3.17. The second kappa shape index (κ2) is 8.76. The number of hydrogen-bond donors (Lipinski definition) is 2. The lowest BCUT2D eigenvalue weighted by Gasteiger charge is -2.62. The van der Waals surface area contributed by atoms with Gasteiger partial charge in [-0.05, 0) is 104 Å². The van der Waals surface area contributed by atoms with Crippen molar-refractivity contribution in [2.24, 2.45) is 40.4 Å². The van der Waals surface area contributed by atoms with Crippen LogP contribution in [-0.2, 0) is 9.53 Å². The van der Waals surface area contributed by atoms with Crippen LogP contribution in [0.15, 0.2) is 30.3 Å². The number of methoxy groups -OCH3 is 1. The molecule has 4 aliphatic rings. The Bertz CT molecular complexity index is 939. The lowest BCUT2D eigenvalue weighted by molar-refractivity contribution is -0.294. The van der Waals surface area contributed by atoms with Gasteiger partial charge in [0.1, 0.15) is 0 Å². The predicted octanol–water partition coefficient (Wildman–Crippen LogP) is 6.20. The summed E-state index contributed by atoms with van der Waals surface area (Å²) in [7, 11) is 1.65. The first-order chi connectivity index (χ1) is 16.5. The minimum atomic E-state index is -4.60. The van der Waals surface area contributed by atoms with Crippen LogP contribution in [0.4, 0.5) is 18.9 Å². The third kappa shape index (κ3) is 3.92. The van der Waals surface area contributed by atoms with Crippen molar-refractivity contribution < 1.29 is 27.8 Å². The number of aliphatic hydroxyl groups is 1. The number of amides is 1. The zero-order valence-electron chi connectivity index (χ0n) is 20.7. The number of para-hydroxylation sites is 1. The molecule has 194 valence electrons. The summed E-state index contributed by atoms with van der Waals surface area (Å²) in [6.45, 7) is 2.72. The minimum Gasteiger partial charge on any atom is -0.384 e. The molecular weight excluding hydrogens is 455 g/mol. The molecule has 1 aromatic rings. The number of carbonyl (C=O) groups is 1. The van der Waals surface area contributed by atoms with Crippen molar-refractivity contribution in [2.75, 3.05) is 19.0 Å². The van der Waals surface area contributed by atoms with Crippen molar-refractivity contribution >= 4 is 11.6 Å². The van der Waals surface area contributed by atoms with Gasteiger partial charge in [0.2, 0.25) is 5.91 Å². The van der Waals surface area contributed by atoms with E-state index in [1.165, 1.54) is 0 Å². The number of halogens is 3. The molecule has 4 aliphatic carbocycles. The Balaban J connectivity index is 1.37. The summed E-state index contributed by atoms with van der Waals surface area (Å²) >= 11 is 0. The highest BCUT2D eigenvalue weighted by atomic mass is 19.4. The van der Waals surface area contributed by atoms with Crippen LogP contribution < -0.4 is 5.32 Å². The van der Waals surface area contributed by atoms with Crippen molar-refractivity contribution in [2.45, 2.75) is 76.5 Å². The predicted molar refractivity (Wildman–Crippen MR) is 127 cm³/mol. The van der Waals surface area contributed by atoms with Crippen LogP contribution in [0.3, 0.4) is 0 Å². The zero-order chi connectivity index (χ0) is 25.1. The lowest BCUT2D eigenvalue weighted by Crippen LogP contribution is -2.61. The molecule has 0 aliphatic heterocycles. The number of nitrogens with one attached hydrogen (secondary N) is 1. The number of rotatable bonds is 4. The molecule has 35 heavy (non-hydrogen) atoms. The maximum absolute atomic E-state index is 13.7. The highest BCUT2D eigenvalue weighted by molar-refractivity contribution is 5.93. The topological polar surface area (TPSA) is 58.6 Å². The molecule has 0 bridgehead atoms. The molecule has 4 fully saturated rings. The fourth-order valence-corrected chi connectivity index (χ4v) is 9.04. The number of hydrogen-bond acceptors (Lipinski definition) is 3. The van der Waals surface area contributed by atoms with E-state index in [0.717, 1.165) is 37.8 Å². The molecule has 0 aromatic heterocycles. The zero-order valence-corrected chi connectivity index (χ0v) is 20.7. The minimum absolute atomic E-state index is 0.0496. The second-order valence-electron chi connectivity index (χ2n) is 12.1. The van der Waals surface area contributed by atoms with E-state index in [-0.39, 0.29) is 47.3 Å². The standard InChI is InChI=1S/C28H38F3NO3/c1-25-13-12-22-20(21(25)10-11-23(25)24(33)32-19-6-4-3-5-7-19)9-8-18-16-27(34,28(29,30)31)15-14-26(18,22)17-35-2/h3-7,18,20-23,34H,8-17H2,1-2H3,(H,32,33)/t18-,20+,21+,22+,23-,25+,26-,27-/m1/s1. The summed E-state index contributed by atoms with van der Waals surface area (Å²) in [4.78, 5) is 13.3. The molecule has 7 heteroatoms. The molecule has 8 atom stereocenters. The summed E-state index contributed by atoms with van der Waals surface area (Å²) in [5, 5.41) is 13.6. The lowest BCUT2D eigenvalue weighted by atomic mass is 9.43. The van der Waals surface area contributed by atoms with Crippen molar-refractivity contribution in [1.29, 1.82) is 0 Å². The van der Waals surface area contributed by atoms with Crippen molar-refractivity contribution in [3.05, 3.63) is 30.3 Å². The van der Waals surface area contributed by atoms with E-state index in [2.05, 4.69) is 12.2 Å². The quantitative estimate of drug-likeness (QED) is 0.525. The number of benzene rings is 1. The van der Waals surface area contributed by atoms with E-state index in [4.69, 9.17) is 4.74 Å². The molecule has 4 saturated carbocycles. The first kappa shape index (κ1) is 25.1. The molecule has 0 radical (unpaired) electrons. The molecule has 1 aromatic carbocycles. The Hall–Kier alpha value is -1.60. The van der Waals surface area contributed by atoms with Crippen LogP contribution >= 0.6 is 0 Å². The van der Waals surface area contributed by atoms with Crippen molar-refractivity contribution in [1.82, 2.24) is 0 Å². The number of ether oxygens (including phenoxy) is 1. The number of anilines is 1. The van der Waals surface area contributed by atoms with Gasteiger partial charge in [-0.1, -0.05) is 25.1 Å². The van der Waals surface area contributed by atoms with Gasteiger partial charge in [-0.25, -0.2) is 0 Å². The smallest absolute Gasteiger partial charge is 0.384 e. The van der Waals surface area contributed by atoms with Crippen molar-refractivity contribution in [3.8, 4) is 0 Å². The van der Waals surface area contributed by atoms with Crippen molar-refractivity contribution in [3.63, 3.8) is 0 Å². The molecule has 2 N–H and O–H groups in total. The summed E-state index contributed by atoms with van der Waals surface area (Å²) < 4.78 is 46.8. The van der Waals surface area contributed by atoms with Crippen LogP contribution in [0.5, 0.6) is 0 Å². The summed E-state index contributed by atoms with van der Waals surface area (Å²) in [6.07, 6.45) is 0.533. The van der Waals surface area contributed by atoms with Gasteiger partial charge in [0.15, 0.2) is 5.60 Å². The van der Waals surface area contributed by atoms with E-state index in [9.17, 15) is 23.1 Å². The molecular formula is C28H38F3NO3. The summed E-state index contributed by atoms with van der Waals surface area (Å²) in [6, 6.07) is 9.57. The third-order valence-corrected chi connectivity index (χ3v) is 10.7. The second-order valence-corrected chi connectivity index (χ2v) is 12.1. The Morgan fingerprint density at radius 3 is 2.49 bits per heavy atom. The maximum atomic E-state index is 13.7. The maximum Gasteiger partial charge on any atom is 0.417 e. The Morgan fingerprint density at radius 2 is 1.80 bits per heavy atom. The fourth-order valence-electron chi connectivity index (χ4n) is 9.04. The molecule has 0 saturated heterocycles. The molecule has 1 amide bonds. The van der Waals surface area contributed by atoms with E-state index in [1.54, 1.807) is 7.11 Å². The summed E-state index contributed by atoms with van der Waals surface area (Å²) in [5.41, 5.74) is -2.18. The number of fused-ring (bicyclic) bond motifs is 5. The highest BCUT2D eigenvalue weighted by Crippen LogP contribution is 2.68. The van der Waals surface area contributed by atoms with Gasteiger partial charge in [-0.15, -0.1) is 0 Å². The van der Waals surface area contributed by atoms with Gasteiger partial charge >= 0.3 is 6.18 Å². The Labute approximate surface area is 206 Å². The van der Waals surface area contributed by atoms with Gasteiger partial charge < -0.3 is 15.2 Å². The average molecular weight is 494 g/mol. The first-order valence-electron chi connectivity index (χ1n) is 13.2. The first-order valence-corrected chi connectivity index (χ1v) is 13.2. The normalized spacial score (nSPS) is 43.1. The van der Waals surface area contributed by atoms with E-state index < -0.39 is 11.8 Å². The van der Waals surface area contributed by atoms with Crippen LogP contribution in [0.1, 0.15) is 64.7 Å². The van der Waals surface area contributed by atoms with E-state index in [0.29, 0.717) is 31.3 Å². The molecule has 5 rings (SSSR count). The van der Waals surface area contributed by atoms with Crippen LogP contribution in [-0.4, -0.2) is 36.5 Å². The van der Waals surface area contributed by atoms with Crippen LogP contribution in [0.2, 0.25) is 0 Å². The highest BCUT2D eigenvalue weighted by Gasteiger charge is 2.66. The Kier molecular flexibility index (Phi) is 6.27. The molecule has 0 spiro atoms. The van der Waals surface area contributed by atoms with Gasteiger partial charge in [0.05, 0.1) is 6.61 Å². The Morgan fingerprint density at radius 1 is 1.06 bits per heavy atom. The third-order valence-electron chi connectivity index (χ3n) is 10.7. The summed E-state index contributed by atoms with van der Waals surface area (Å²) in [5.74, 6) is 0.928. The molecule has 0 heterocycles. The van der Waals surface area contributed by atoms with Gasteiger partial charge in [-0.3, -0.25) is 4.79 Å². The van der Waals surface area contributed by atoms with Gasteiger partial charge in [0, 0.05) is 18.7 Å². The van der Waals surface area contributed by atoms with Crippen LogP contribution in [0.25, 0.3) is 0 Å². The monoisotopic (exact) mass is 493 g/mol. The SMILES string of the molecule is COC[C@]12CC[C@](O)(C(F)(F)F)C[C@H]1CC[C@H]1[C@@H]3CC[C@H](C(=O)Nc4ccccc4)[C@@]3(C)CC[C@@H]12. The molecule has 0 unspecified atom stereocenters. The largest absolute Gasteiger partial charge is 0.417 e. The van der Waals surface area contributed by atoms with E-state index in [1.807, 2.05) is 30.3 Å².